The summed E-state index contributed by atoms with van der Waals surface area (Å²) >= 11 is 1.58. The predicted octanol–water partition coefficient (Wildman–Crippen LogP) is 2.75. The second-order valence-electron chi connectivity index (χ2n) is 12.2. The maximum Gasteiger partial charge on any atom is 0.320 e. The fourth-order valence-corrected chi connectivity index (χ4v) is 7.39. The van der Waals surface area contributed by atoms with E-state index >= 15 is 0 Å². The van der Waals surface area contributed by atoms with Crippen LogP contribution >= 0.6 is 11.3 Å². The van der Waals surface area contributed by atoms with Crippen LogP contribution in [0.5, 0.6) is 0 Å². The summed E-state index contributed by atoms with van der Waals surface area (Å²) in [4.78, 5) is 26.8. The van der Waals surface area contributed by atoms with Crippen molar-refractivity contribution in [1.82, 2.24) is 39.5 Å². The molecule has 5 aliphatic rings. The van der Waals surface area contributed by atoms with E-state index in [2.05, 4.69) is 55.4 Å². The van der Waals surface area contributed by atoms with Crippen LogP contribution in [0.4, 0.5) is 15.6 Å². The summed E-state index contributed by atoms with van der Waals surface area (Å²) in [5.41, 5.74) is 4.48. The second kappa shape index (κ2) is 9.89. The van der Waals surface area contributed by atoms with Crippen molar-refractivity contribution in [2.45, 2.75) is 31.0 Å². The van der Waals surface area contributed by atoms with Gasteiger partial charge in [0.1, 0.15) is 0 Å². The van der Waals surface area contributed by atoms with Gasteiger partial charge < -0.3 is 29.7 Å². The van der Waals surface area contributed by atoms with Crippen LogP contribution in [-0.4, -0.2) is 123 Å². The minimum Gasteiger partial charge on any atom is -0.376 e. The normalized spacial score (nSPS) is 23.5. The Morgan fingerprint density at radius 2 is 1.90 bits per heavy atom. The molecular weight excluding hydrogens is 552 g/mol. The number of nitrogens with zero attached hydrogens (tertiary/aromatic N) is 9. The highest BCUT2D eigenvalue weighted by Gasteiger charge is 2.49. The topological polar surface area (TPSA) is 107 Å². The van der Waals surface area contributed by atoms with E-state index in [1.807, 2.05) is 39.9 Å². The summed E-state index contributed by atoms with van der Waals surface area (Å²) in [5.74, 6) is 0. The number of likely N-dealkylation sites (N-methyl/N-ethyl adjacent to an activating group) is 1. The van der Waals surface area contributed by atoms with Gasteiger partial charge in [0.25, 0.3) is 0 Å². The molecule has 5 aliphatic heterocycles. The van der Waals surface area contributed by atoms with Crippen molar-refractivity contribution in [2.24, 2.45) is 0 Å². The standard InChI is InChI=1S/C29H34N10O2S/c1-29(17-41-18-29)32-23-13-24(25-6-5-19-4-3-7-31-39(19)25)30-14-22(23)26-33-34-27(42-26)37-15-20-12-21(16-37)38(20)28(40)36-10-8-35(2)9-11-36/h3-7,13-14,20-21H,8-12,15-18H2,1-2H3,(H,30,32). The Morgan fingerprint density at radius 3 is 2.67 bits per heavy atom. The summed E-state index contributed by atoms with van der Waals surface area (Å²) < 4.78 is 7.43. The van der Waals surface area contributed by atoms with Gasteiger partial charge in [0.15, 0.2) is 5.01 Å². The van der Waals surface area contributed by atoms with E-state index in [0.29, 0.717) is 13.2 Å². The van der Waals surface area contributed by atoms with Gasteiger partial charge in [0.05, 0.1) is 53.3 Å². The highest BCUT2D eigenvalue weighted by molar-refractivity contribution is 7.18. The Hall–Kier alpha value is -3.81. The second-order valence-corrected chi connectivity index (χ2v) is 13.1. The summed E-state index contributed by atoms with van der Waals surface area (Å²) in [6.07, 6.45) is 4.73. The number of ether oxygens (including phenoxy) is 1. The maximum atomic E-state index is 13.3. The minimum atomic E-state index is -0.158. The summed E-state index contributed by atoms with van der Waals surface area (Å²) in [7, 11) is 2.11. The molecule has 4 aromatic heterocycles. The number of aromatic nitrogens is 5. The third-order valence-electron chi connectivity index (χ3n) is 8.97. The van der Waals surface area contributed by atoms with E-state index in [1.54, 1.807) is 17.5 Å². The number of piperazine rings is 2. The van der Waals surface area contributed by atoms with Gasteiger partial charge in [-0.3, -0.25) is 4.98 Å². The van der Waals surface area contributed by atoms with Crippen molar-refractivity contribution in [3.05, 3.63) is 42.7 Å². The van der Waals surface area contributed by atoms with E-state index in [0.717, 1.165) is 84.0 Å². The first-order valence-electron chi connectivity index (χ1n) is 14.6. The average molecular weight is 587 g/mol. The van der Waals surface area contributed by atoms with Crippen LogP contribution in [0.25, 0.3) is 27.5 Å². The SMILES string of the molecule is CN1CCN(C(=O)N2C3CC2CN(c2nnc(-c4cnc(-c5ccc6cccnn56)cc4NC4(C)COC4)s2)C3)CC1. The zero-order valence-electron chi connectivity index (χ0n) is 23.8. The fourth-order valence-electron chi connectivity index (χ4n) is 6.51. The van der Waals surface area contributed by atoms with E-state index in [9.17, 15) is 4.79 Å². The summed E-state index contributed by atoms with van der Waals surface area (Å²) in [5, 5.41) is 19.2. The van der Waals surface area contributed by atoms with Crippen LogP contribution in [0, 0.1) is 0 Å². The molecule has 0 spiro atoms. The fraction of sp³-hybridized carbons (Fsp3) is 0.483. The molecule has 4 aromatic rings. The van der Waals surface area contributed by atoms with Crippen LogP contribution in [0.15, 0.2) is 42.7 Å². The molecule has 1 N–H and O–H groups in total. The number of hydrogen-bond acceptors (Lipinski definition) is 10. The summed E-state index contributed by atoms with van der Waals surface area (Å²) in [6, 6.07) is 10.8. The first-order valence-corrected chi connectivity index (χ1v) is 15.4. The first-order chi connectivity index (χ1) is 20.4. The van der Waals surface area contributed by atoms with Gasteiger partial charge in [-0.25, -0.2) is 9.31 Å². The van der Waals surface area contributed by atoms with Gasteiger partial charge in [0.2, 0.25) is 5.13 Å². The smallest absolute Gasteiger partial charge is 0.320 e. The first kappa shape index (κ1) is 25.9. The quantitative estimate of drug-likeness (QED) is 0.378. The number of anilines is 2. The van der Waals surface area contributed by atoms with Crippen LogP contribution in [0.3, 0.4) is 0 Å². The predicted molar refractivity (Wildman–Crippen MR) is 161 cm³/mol. The largest absolute Gasteiger partial charge is 0.376 e. The van der Waals surface area contributed by atoms with Crippen LogP contribution < -0.4 is 10.2 Å². The number of pyridine rings is 1. The Bertz CT molecular complexity index is 1630. The Labute approximate surface area is 247 Å². The lowest BCUT2D eigenvalue weighted by Crippen LogP contribution is -2.72. The lowest BCUT2D eigenvalue weighted by Gasteiger charge is -2.57. The molecule has 2 atom stereocenters. The highest BCUT2D eigenvalue weighted by Crippen LogP contribution is 2.40. The third-order valence-corrected chi connectivity index (χ3v) is 9.98. The van der Waals surface area contributed by atoms with Crippen molar-refractivity contribution in [3.8, 4) is 22.0 Å². The zero-order valence-corrected chi connectivity index (χ0v) is 24.6. The molecular formula is C29H34N10O2S. The average Bonchev–Trinajstić information content (AvgIpc) is 3.65. The van der Waals surface area contributed by atoms with E-state index in [1.165, 1.54) is 0 Å². The van der Waals surface area contributed by atoms with Crippen molar-refractivity contribution >= 4 is 33.7 Å². The van der Waals surface area contributed by atoms with Gasteiger partial charge in [-0.05, 0) is 50.7 Å². The molecule has 2 unspecified atom stereocenters. The summed E-state index contributed by atoms with van der Waals surface area (Å²) in [6.45, 7) is 8.50. The molecule has 0 saturated carbocycles. The number of amides is 2. The van der Waals surface area contributed by atoms with Gasteiger partial charge >= 0.3 is 6.03 Å². The molecule has 5 saturated heterocycles. The number of carbonyl (C=O) groups is 1. The molecule has 42 heavy (non-hydrogen) atoms. The minimum absolute atomic E-state index is 0.158. The van der Waals surface area contributed by atoms with Crippen molar-refractivity contribution in [2.75, 3.05) is 69.7 Å². The van der Waals surface area contributed by atoms with Crippen molar-refractivity contribution < 1.29 is 9.53 Å². The van der Waals surface area contributed by atoms with Gasteiger partial charge in [-0.15, -0.1) is 10.2 Å². The Kier molecular flexibility index (Phi) is 6.09. The number of nitrogens with one attached hydrogen (secondary N) is 1. The maximum absolute atomic E-state index is 13.3. The molecule has 5 fully saturated rings. The van der Waals surface area contributed by atoms with E-state index in [4.69, 9.17) is 9.72 Å². The monoisotopic (exact) mass is 586 g/mol. The lowest BCUT2D eigenvalue weighted by atomic mass is 9.88. The highest BCUT2D eigenvalue weighted by atomic mass is 32.1. The molecule has 0 aliphatic carbocycles. The van der Waals surface area contributed by atoms with Gasteiger partial charge in [0, 0.05) is 57.3 Å². The van der Waals surface area contributed by atoms with E-state index in [-0.39, 0.29) is 23.7 Å². The molecule has 218 valence electrons. The van der Waals surface area contributed by atoms with Crippen molar-refractivity contribution in [3.63, 3.8) is 0 Å². The molecule has 9 heterocycles. The molecule has 13 heteroatoms. The number of piperidine rings is 1. The van der Waals surface area contributed by atoms with Gasteiger partial charge in [-0.1, -0.05) is 11.3 Å². The molecule has 2 bridgehead atoms. The Balaban J connectivity index is 1.03. The van der Waals surface area contributed by atoms with Gasteiger partial charge in [-0.2, -0.15) is 5.10 Å². The van der Waals surface area contributed by atoms with Crippen molar-refractivity contribution in [1.29, 1.82) is 0 Å². The third kappa shape index (κ3) is 4.38. The van der Waals surface area contributed by atoms with E-state index < -0.39 is 0 Å². The Morgan fingerprint density at radius 1 is 1.10 bits per heavy atom. The van der Waals surface area contributed by atoms with Crippen LogP contribution in [0.2, 0.25) is 0 Å². The molecule has 9 rings (SSSR count). The molecule has 0 aromatic carbocycles. The zero-order chi connectivity index (χ0) is 28.4. The number of hydrogen-bond donors (Lipinski definition) is 1. The number of fused-ring (bicyclic) bond motifs is 3. The number of urea groups is 1. The molecule has 12 nitrogen and oxygen atoms in total. The van der Waals surface area contributed by atoms with Crippen LogP contribution in [-0.2, 0) is 4.74 Å². The van der Waals surface area contributed by atoms with Crippen LogP contribution in [0.1, 0.15) is 13.3 Å². The number of carbonyl (C=O) groups excluding carboxylic acids is 1. The lowest BCUT2D eigenvalue weighted by molar-refractivity contribution is -0.0318. The molecule has 2 amide bonds. The number of rotatable bonds is 5. The molecule has 0 radical (unpaired) electrons.